The maximum absolute atomic E-state index is 13.7. The van der Waals surface area contributed by atoms with Gasteiger partial charge in [-0.3, -0.25) is 4.79 Å². The maximum Gasteiger partial charge on any atom is 0.150 e. The van der Waals surface area contributed by atoms with Crippen LogP contribution >= 0.6 is 11.6 Å². The van der Waals surface area contributed by atoms with Crippen molar-refractivity contribution in [2.45, 2.75) is 38.8 Å². The number of nitrogens with zero attached hydrogens (tertiary/aromatic N) is 1. The zero-order valence-electron chi connectivity index (χ0n) is 17.5. The molecule has 0 bridgehead atoms. The number of carbonyl (C=O) groups is 1. The largest absolute Gasteiger partial charge is 0.358 e. The summed E-state index contributed by atoms with van der Waals surface area (Å²) in [4.78, 5) is 11.2. The number of allylic oxidation sites excluding steroid dienone is 1. The van der Waals surface area contributed by atoms with Gasteiger partial charge in [0.2, 0.25) is 0 Å². The van der Waals surface area contributed by atoms with Crippen LogP contribution in [0.4, 0.5) is 4.39 Å². The molecule has 3 aromatic rings. The van der Waals surface area contributed by atoms with E-state index in [1.54, 1.807) is 6.07 Å². The fourth-order valence-electron chi connectivity index (χ4n) is 4.24. The van der Waals surface area contributed by atoms with Crippen molar-refractivity contribution < 1.29 is 13.9 Å². The van der Waals surface area contributed by atoms with E-state index >= 15 is 0 Å². The summed E-state index contributed by atoms with van der Waals surface area (Å²) in [6.07, 6.45) is 6.72. The molecule has 4 rings (SSSR count). The lowest BCUT2D eigenvalue weighted by molar-refractivity contribution is -0.0321. The molecule has 31 heavy (non-hydrogen) atoms. The molecule has 0 saturated carbocycles. The van der Waals surface area contributed by atoms with Gasteiger partial charge in [0, 0.05) is 23.9 Å². The monoisotopic (exact) mass is 437 g/mol. The van der Waals surface area contributed by atoms with Gasteiger partial charge in [-0.15, -0.1) is 0 Å². The Hall–Kier alpha value is -2.69. The van der Waals surface area contributed by atoms with E-state index in [9.17, 15) is 9.18 Å². The smallest absolute Gasteiger partial charge is 0.150 e. The minimum Gasteiger partial charge on any atom is -0.358 e. The Kier molecular flexibility index (Phi) is 6.69. The number of aromatic nitrogens is 1. The van der Waals surface area contributed by atoms with E-state index in [0.717, 1.165) is 60.1 Å². The van der Waals surface area contributed by atoms with Crippen LogP contribution in [0.5, 0.6) is 0 Å². The number of hydrogen-bond donors (Lipinski definition) is 0. The van der Waals surface area contributed by atoms with Crippen LogP contribution < -0.4 is 0 Å². The molecule has 160 valence electrons. The molecule has 1 fully saturated rings. The second-order valence-electron chi connectivity index (χ2n) is 7.69. The highest BCUT2D eigenvalue weighted by atomic mass is 35.5. The van der Waals surface area contributed by atoms with Crippen molar-refractivity contribution >= 4 is 29.0 Å². The highest BCUT2D eigenvalue weighted by Crippen LogP contribution is 2.39. The normalized spacial score (nSPS) is 17.3. The molecule has 1 aliphatic rings. The van der Waals surface area contributed by atoms with Crippen LogP contribution in [0.15, 0.2) is 60.8 Å². The lowest BCUT2D eigenvalue weighted by Crippen LogP contribution is -2.19. The quantitative estimate of drug-likeness (QED) is 0.302. The number of benzene rings is 2. The lowest BCUT2D eigenvalue weighted by Gasteiger charge is -2.27. The van der Waals surface area contributed by atoms with Gasteiger partial charge in [0.1, 0.15) is 18.3 Å². The summed E-state index contributed by atoms with van der Waals surface area (Å²) in [7, 11) is 0. The Morgan fingerprint density at radius 1 is 1.19 bits per heavy atom. The Labute approximate surface area is 187 Å². The van der Waals surface area contributed by atoms with Crippen LogP contribution in [-0.4, -0.2) is 17.5 Å². The Morgan fingerprint density at radius 2 is 2.00 bits per heavy atom. The van der Waals surface area contributed by atoms with E-state index in [4.69, 9.17) is 16.3 Å². The van der Waals surface area contributed by atoms with Gasteiger partial charge in [0.25, 0.3) is 0 Å². The van der Waals surface area contributed by atoms with E-state index in [2.05, 4.69) is 17.6 Å². The molecule has 3 nitrogen and oxygen atoms in total. The molecule has 1 aromatic heterocycles. The molecule has 0 aliphatic carbocycles. The fraction of sp³-hybridized carbons (Fsp3) is 0.269. The van der Waals surface area contributed by atoms with Crippen molar-refractivity contribution in [3.8, 4) is 0 Å². The molecule has 2 heterocycles. The summed E-state index contributed by atoms with van der Waals surface area (Å²) in [6, 6.07) is 16.1. The van der Waals surface area contributed by atoms with Crippen molar-refractivity contribution in [2.75, 3.05) is 6.61 Å². The summed E-state index contributed by atoms with van der Waals surface area (Å²) < 4.78 is 22.0. The Balaban J connectivity index is 1.94. The zero-order chi connectivity index (χ0) is 21.8. The number of hydrogen-bond acceptors (Lipinski definition) is 2. The second kappa shape index (κ2) is 9.63. The van der Waals surface area contributed by atoms with Gasteiger partial charge < -0.3 is 9.30 Å². The summed E-state index contributed by atoms with van der Waals surface area (Å²) in [6.45, 7) is 2.82. The van der Waals surface area contributed by atoms with Gasteiger partial charge in [-0.05, 0) is 66.6 Å². The molecule has 0 spiro atoms. The van der Waals surface area contributed by atoms with E-state index in [0.29, 0.717) is 17.0 Å². The minimum absolute atomic E-state index is 0.0233. The maximum atomic E-state index is 13.7. The average Bonchev–Trinajstić information content (AvgIpc) is 3.28. The van der Waals surface area contributed by atoms with Crippen LogP contribution in [0, 0.1) is 5.82 Å². The van der Waals surface area contributed by atoms with Gasteiger partial charge in [0.15, 0.2) is 0 Å². The van der Waals surface area contributed by atoms with E-state index in [1.165, 1.54) is 12.1 Å². The fourth-order valence-corrected chi connectivity index (χ4v) is 4.52. The molecule has 1 saturated heterocycles. The molecule has 1 atom stereocenters. The van der Waals surface area contributed by atoms with E-state index < -0.39 is 0 Å². The third-order valence-corrected chi connectivity index (χ3v) is 6.06. The number of rotatable bonds is 6. The molecule has 2 aromatic carbocycles. The number of halogens is 2. The average molecular weight is 438 g/mol. The van der Waals surface area contributed by atoms with Gasteiger partial charge in [-0.25, -0.2) is 4.39 Å². The molecule has 5 heteroatoms. The van der Waals surface area contributed by atoms with Crippen LogP contribution in [0.1, 0.15) is 66.0 Å². The SMILES string of the molecule is CC/C(=C(/c1ccc(C=O)cc1)c1cccn1C1CCCCO1)c1ccc(F)cc1Cl. The van der Waals surface area contributed by atoms with Crippen molar-refractivity contribution in [2.24, 2.45) is 0 Å². The highest BCUT2D eigenvalue weighted by Gasteiger charge is 2.23. The number of ether oxygens (including phenoxy) is 1. The minimum atomic E-state index is -0.361. The van der Waals surface area contributed by atoms with E-state index in [1.807, 2.05) is 36.5 Å². The number of aldehydes is 1. The van der Waals surface area contributed by atoms with Crippen LogP contribution in [0.2, 0.25) is 5.02 Å². The third kappa shape index (κ3) is 4.51. The first kappa shape index (κ1) is 21.5. The van der Waals surface area contributed by atoms with Crippen molar-refractivity contribution in [3.63, 3.8) is 0 Å². The first-order valence-corrected chi connectivity index (χ1v) is 11.0. The molecule has 0 N–H and O–H groups in total. The molecule has 0 radical (unpaired) electrons. The van der Waals surface area contributed by atoms with Crippen LogP contribution in [0.3, 0.4) is 0 Å². The van der Waals surface area contributed by atoms with Gasteiger partial charge in [-0.1, -0.05) is 48.9 Å². The van der Waals surface area contributed by atoms with Gasteiger partial charge >= 0.3 is 0 Å². The second-order valence-corrected chi connectivity index (χ2v) is 8.10. The topological polar surface area (TPSA) is 31.2 Å². The predicted octanol–water partition coefficient (Wildman–Crippen LogP) is 7.16. The molecule has 1 aliphatic heterocycles. The molecular weight excluding hydrogens is 413 g/mol. The van der Waals surface area contributed by atoms with Crippen molar-refractivity contribution in [3.05, 3.63) is 94.0 Å². The number of carbonyl (C=O) groups excluding carboxylic acids is 1. The molecule has 1 unspecified atom stereocenters. The van der Waals surface area contributed by atoms with Crippen molar-refractivity contribution in [1.29, 1.82) is 0 Å². The standard InChI is InChI=1S/C26H25ClFNO2/c1-2-21(22-13-12-20(28)16-23(22)27)26(19-10-8-18(17-30)9-11-19)24-6-5-14-29(24)25-7-3-4-15-31-25/h5-6,8-14,16-17,25H,2-4,7,15H2,1H3/b26-21+. The molecular formula is C26H25ClFNO2. The molecule has 0 amide bonds. The summed E-state index contributed by atoms with van der Waals surface area (Å²) in [5.41, 5.74) is 5.43. The Bertz CT molecular complexity index is 1090. The highest BCUT2D eigenvalue weighted by molar-refractivity contribution is 6.32. The first-order valence-electron chi connectivity index (χ1n) is 10.7. The van der Waals surface area contributed by atoms with Crippen LogP contribution in [0.25, 0.3) is 11.1 Å². The predicted molar refractivity (Wildman–Crippen MR) is 123 cm³/mol. The van der Waals surface area contributed by atoms with E-state index in [-0.39, 0.29) is 12.0 Å². The Morgan fingerprint density at radius 3 is 2.65 bits per heavy atom. The zero-order valence-corrected chi connectivity index (χ0v) is 18.2. The van der Waals surface area contributed by atoms with Crippen molar-refractivity contribution in [1.82, 2.24) is 4.57 Å². The van der Waals surface area contributed by atoms with Crippen LogP contribution in [-0.2, 0) is 4.74 Å². The third-order valence-electron chi connectivity index (χ3n) is 5.75. The summed E-state index contributed by atoms with van der Waals surface area (Å²) >= 11 is 6.48. The lowest BCUT2D eigenvalue weighted by atomic mass is 9.90. The summed E-state index contributed by atoms with van der Waals surface area (Å²) in [5, 5.41) is 0.380. The van der Waals surface area contributed by atoms with Gasteiger partial charge in [0.05, 0.1) is 10.7 Å². The van der Waals surface area contributed by atoms with Gasteiger partial charge in [-0.2, -0.15) is 0 Å². The summed E-state index contributed by atoms with van der Waals surface area (Å²) in [5.74, 6) is -0.361. The first-order chi connectivity index (χ1) is 15.1.